The first-order valence-electron chi connectivity index (χ1n) is 8.48. The van der Waals surface area contributed by atoms with Crippen LogP contribution in [0.1, 0.15) is 42.8 Å². The third-order valence-electron chi connectivity index (χ3n) is 4.12. The average molecular weight is 474 g/mol. The second-order valence-corrected chi connectivity index (χ2v) is 7.18. The van der Waals surface area contributed by atoms with Crippen molar-refractivity contribution in [3.63, 3.8) is 0 Å². The van der Waals surface area contributed by atoms with Gasteiger partial charge in [-0.05, 0) is 46.6 Å². The molecule has 1 amide bonds. The minimum Gasteiger partial charge on any atom is -0.324 e. The zero-order chi connectivity index (χ0) is 21.1. The van der Waals surface area contributed by atoms with Crippen molar-refractivity contribution in [1.82, 2.24) is 19.6 Å². The molecular weight excluding hydrogens is 458 g/mol. The molecule has 0 bridgehead atoms. The van der Waals surface area contributed by atoms with Crippen LogP contribution in [-0.4, -0.2) is 25.5 Å². The third-order valence-corrected chi connectivity index (χ3v) is 4.53. The van der Waals surface area contributed by atoms with Gasteiger partial charge in [0.05, 0.1) is 17.2 Å². The van der Waals surface area contributed by atoms with Crippen molar-refractivity contribution in [2.45, 2.75) is 32.4 Å². The number of carbonyl (C=O) groups excluding carboxylic acids is 1. The van der Waals surface area contributed by atoms with Crippen LogP contribution in [0.3, 0.4) is 0 Å². The van der Waals surface area contributed by atoms with Crippen LogP contribution >= 0.6 is 15.9 Å². The molecule has 0 aliphatic heterocycles. The molecular formula is C18H16BrF4N5O. The number of nitrogens with one attached hydrogen (secondary N) is 1. The minimum atomic E-state index is -3.04. The van der Waals surface area contributed by atoms with Gasteiger partial charge in [-0.2, -0.15) is 10.2 Å². The molecule has 11 heteroatoms. The largest absolute Gasteiger partial charge is 0.324 e. The number of anilines is 1. The van der Waals surface area contributed by atoms with Crippen molar-refractivity contribution in [1.29, 1.82) is 0 Å². The Morgan fingerprint density at radius 1 is 1.21 bits per heavy atom. The van der Waals surface area contributed by atoms with Gasteiger partial charge in [0.2, 0.25) is 5.91 Å². The van der Waals surface area contributed by atoms with Crippen LogP contribution in [0.4, 0.5) is 23.2 Å². The van der Waals surface area contributed by atoms with Crippen molar-refractivity contribution in [3.05, 3.63) is 64.1 Å². The summed E-state index contributed by atoms with van der Waals surface area (Å²) in [6.45, 7) is 1.77. The highest BCUT2D eigenvalue weighted by Crippen LogP contribution is 2.28. The predicted octanol–water partition coefficient (Wildman–Crippen LogP) is 4.97. The van der Waals surface area contributed by atoms with Crippen LogP contribution in [0, 0.1) is 0 Å². The zero-order valence-corrected chi connectivity index (χ0v) is 16.7. The smallest absolute Gasteiger partial charge is 0.282 e. The lowest BCUT2D eigenvalue weighted by Crippen LogP contribution is -2.26. The maximum Gasteiger partial charge on any atom is 0.282 e. The van der Waals surface area contributed by atoms with E-state index in [0.29, 0.717) is 23.0 Å². The summed E-state index contributed by atoms with van der Waals surface area (Å²) in [4.78, 5) is 12.5. The van der Waals surface area contributed by atoms with E-state index >= 15 is 0 Å². The summed E-state index contributed by atoms with van der Waals surface area (Å²) in [6.07, 6.45) is -2.62. The van der Waals surface area contributed by atoms with Gasteiger partial charge in [0.15, 0.2) is 0 Å². The fourth-order valence-corrected chi connectivity index (χ4v) is 3.05. The molecule has 0 spiro atoms. The first-order valence-corrected chi connectivity index (χ1v) is 9.27. The van der Waals surface area contributed by atoms with E-state index in [0.717, 1.165) is 10.0 Å². The molecule has 6 nitrogen and oxygen atoms in total. The van der Waals surface area contributed by atoms with Crippen molar-refractivity contribution < 1.29 is 22.4 Å². The topological polar surface area (TPSA) is 64.7 Å². The molecule has 154 valence electrons. The number of aromatic nitrogens is 4. The molecule has 1 atom stereocenters. The number of rotatable bonds is 7. The van der Waals surface area contributed by atoms with Gasteiger partial charge >= 0.3 is 0 Å². The molecule has 2 heterocycles. The van der Waals surface area contributed by atoms with Gasteiger partial charge in [0.25, 0.3) is 12.9 Å². The Kier molecular flexibility index (Phi) is 6.36. The molecule has 0 aliphatic rings. The van der Waals surface area contributed by atoms with Gasteiger partial charge < -0.3 is 5.32 Å². The number of amides is 1. The van der Waals surface area contributed by atoms with Crippen molar-refractivity contribution in [3.8, 4) is 0 Å². The fraction of sp³-hybridized carbons (Fsp3) is 0.278. The highest BCUT2D eigenvalue weighted by molar-refractivity contribution is 9.10. The van der Waals surface area contributed by atoms with E-state index in [4.69, 9.17) is 0 Å². The van der Waals surface area contributed by atoms with Gasteiger partial charge in [-0.1, -0.05) is 12.1 Å². The SMILES string of the molecule is CC(C(=O)Nc1cccc(Cn2cc(Br)cn2)c1)n1nc(C(F)F)cc1C(F)F. The molecule has 0 fully saturated rings. The quantitative estimate of drug-likeness (QED) is 0.493. The van der Waals surface area contributed by atoms with E-state index in [1.165, 1.54) is 6.92 Å². The summed E-state index contributed by atoms with van der Waals surface area (Å²) < 4.78 is 55.1. The molecule has 0 saturated heterocycles. The normalized spacial score (nSPS) is 12.6. The molecule has 1 unspecified atom stereocenters. The number of halogens is 5. The van der Waals surface area contributed by atoms with Crippen LogP contribution in [0.5, 0.6) is 0 Å². The Bertz CT molecular complexity index is 1000. The number of alkyl halides is 4. The highest BCUT2D eigenvalue weighted by Gasteiger charge is 2.27. The van der Waals surface area contributed by atoms with Gasteiger partial charge in [-0.3, -0.25) is 14.2 Å². The standard InChI is InChI=1S/C18H16BrF4N5O/c1-10(28-15(17(22)23)6-14(26-28)16(20)21)18(29)25-13-4-2-3-11(5-13)8-27-9-12(19)7-24-27/h2-7,9-10,16-17H,8H2,1H3,(H,25,29). The lowest BCUT2D eigenvalue weighted by molar-refractivity contribution is -0.119. The first-order chi connectivity index (χ1) is 13.7. The Hall–Kier alpha value is -2.69. The summed E-state index contributed by atoms with van der Waals surface area (Å²) in [6, 6.07) is 6.31. The monoisotopic (exact) mass is 473 g/mol. The maximum atomic E-state index is 13.2. The van der Waals surface area contributed by atoms with E-state index in [1.807, 2.05) is 6.07 Å². The lowest BCUT2D eigenvalue weighted by Gasteiger charge is -2.16. The Labute approximate surface area is 171 Å². The van der Waals surface area contributed by atoms with E-state index in [9.17, 15) is 22.4 Å². The number of hydrogen-bond acceptors (Lipinski definition) is 3. The number of nitrogens with zero attached hydrogens (tertiary/aromatic N) is 4. The van der Waals surface area contributed by atoms with Gasteiger partial charge in [0.1, 0.15) is 17.4 Å². The van der Waals surface area contributed by atoms with Crippen LogP contribution in [0.2, 0.25) is 0 Å². The van der Waals surface area contributed by atoms with Gasteiger partial charge in [0, 0.05) is 11.9 Å². The van der Waals surface area contributed by atoms with E-state index in [1.54, 1.807) is 35.3 Å². The molecule has 1 aromatic carbocycles. The lowest BCUT2D eigenvalue weighted by atomic mass is 10.2. The Morgan fingerprint density at radius 2 is 1.97 bits per heavy atom. The van der Waals surface area contributed by atoms with Crippen LogP contribution in [0.15, 0.2) is 47.2 Å². The second kappa shape index (κ2) is 8.76. The summed E-state index contributed by atoms with van der Waals surface area (Å²) in [5.41, 5.74) is -0.253. The first kappa shape index (κ1) is 21.0. The second-order valence-electron chi connectivity index (χ2n) is 6.26. The van der Waals surface area contributed by atoms with Crippen LogP contribution in [-0.2, 0) is 11.3 Å². The minimum absolute atomic E-state index is 0.436. The molecule has 2 aromatic heterocycles. The third kappa shape index (κ3) is 5.03. The maximum absolute atomic E-state index is 13.2. The molecule has 0 saturated carbocycles. The van der Waals surface area contributed by atoms with Gasteiger partial charge in [-0.25, -0.2) is 17.6 Å². The van der Waals surface area contributed by atoms with Crippen LogP contribution < -0.4 is 5.32 Å². The molecule has 3 aromatic rings. The summed E-state index contributed by atoms with van der Waals surface area (Å²) in [7, 11) is 0. The molecule has 0 aliphatic carbocycles. The summed E-state index contributed by atoms with van der Waals surface area (Å²) in [5.74, 6) is -0.658. The van der Waals surface area contributed by atoms with E-state index in [-0.39, 0.29) is 0 Å². The van der Waals surface area contributed by atoms with E-state index in [2.05, 4.69) is 31.4 Å². The van der Waals surface area contributed by atoms with Gasteiger partial charge in [-0.15, -0.1) is 0 Å². The number of hydrogen-bond donors (Lipinski definition) is 1. The fourth-order valence-electron chi connectivity index (χ4n) is 2.73. The van der Waals surface area contributed by atoms with Crippen molar-refractivity contribution >= 4 is 27.5 Å². The summed E-state index contributed by atoms with van der Waals surface area (Å²) in [5, 5.41) is 10.2. The Balaban J connectivity index is 1.75. The van der Waals surface area contributed by atoms with Crippen molar-refractivity contribution in [2.75, 3.05) is 5.32 Å². The predicted molar refractivity (Wildman–Crippen MR) is 101 cm³/mol. The molecule has 3 rings (SSSR count). The molecule has 29 heavy (non-hydrogen) atoms. The number of benzene rings is 1. The van der Waals surface area contributed by atoms with Crippen LogP contribution in [0.25, 0.3) is 0 Å². The zero-order valence-electron chi connectivity index (χ0n) is 15.1. The van der Waals surface area contributed by atoms with Crippen molar-refractivity contribution in [2.24, 2.45) is 0 Å². The highest BCUT2D eigenvalue weighted by atomic mass is 79.9. The Morgan fingerprint density at radius 3 is 2.59 bits per heavy atom. The molecule has 1 N–H and O–H groups in total. The number of carbonyl (C=O) groups is 1. The summed E-state index contributed by atoms with van der Waals surface area (Å²) >= 11 is 3.31. The average Bonchev–Trinajstić information content (AvgIpc) is 3.28. The van der Waals surface area contributed by atoms with E-state index < -0.39 is 36.2 Å². The molecule has 0 radical (unpaired) electrons.